The van der Waals surface area contributed by atoms with Crippen molar-refractivity contribution in [2.24, 2.45) is 0 Å². The van der Waals surface area contributed by atoms with Crippen LogP contribution in [0.4, 0.5) is 0 Å². The molecule has 1 atom stereocenters. The average molecular weight is 278 g/mol. The van der Waals surface area contributed by atoms with Gasteiger partial charge in [-0.25, -0.2) is 0 Å². The SMILES string of the molecule is Cc1ccc(CCNC(=O)CC[C@H]2CCCCN2C)o1. The Hall–Kier alpha value is -1.29. The van der Waals surface area contributed by atoms with Crippen molar-refractivity contribution in [3.63, 3.8) is 0 Å². The van der Waals surface area contributed by atoms with Gasteiger partial charge in [0, 0.05) is 25.4 Å². The summed E-state index contributed by atoms with van der Waals surface area (Å²) in [5.74, 6) is 2.02. The topological polar surface area (TPSA) is 45.5 Å². The first-order chi connectivity index (χ1) is 9.65. The first-order valence-electron chi connectivity index (χ1n) is 7.67. The van der Waals surface area contributed by atoms with Gasteiger partial charge >= 0.3 is 0 Å². The Kier molecular flexibility index (Phi) is 5.65. The van der Waals surface area contributed by atoms with Gasteiger partial charge < -0.3 is 14.6 Å². The number of hydrogen-bond acceptors (Lipinski definition) is 3. The minimum Gasteiger partial charge on any atom is -0.466 e. The second-order valence-electron chi connectivity index (χ2n) is 5.78. The van der Waals surface area contributed by atoms with Gasteiger partial charge in [0.2, 0.25) is 5.91 Å². The lowest BCUT2D eigenvalue weighted by molar-refractivity contribution is -0.121. The summed E-state index contributed by atoms with van der Waals surface area (Å²) in [6, 6.07) is 4.51. The second-order valence-corrected chi connectivity index (χ2v) is 5.78. The number of nitrogens with one attached hydrogen (secondary N) is 1. The van der Waals surface area contributed by atoms with Crippen molar-refractivity contribution in [3.8, 4) is 0 Å². The smallest absolute Gasteiger partial charge is 0.220 e. The molecular formula is C16H26N2O2. The number of rotatable bonds is 6. The zero-order chi connectivity index (χ0) is 14.4. The van der Waals surface area contributed by atoms with Gasteiger partial charge in [-0.3, -0.25) is 4.79 Å². The molecule has 1 fully saturated rings. The number of carbonyl (C=O) groups excluding carboxylic acids is 1. The molecule has 0 bridgehead atoms. The van der Waals surface area contributed by atoms with E-state index in [1.54, 1.807) is 0 Å². The Bertz CT molecular complexity index is 428. The molecule has 0 spiro atoms. The van der Waals surface area contributed by atoms with E-state index >= 15 is 0 Å². The van der Waals surface area contributed by atoms with Gasteiger partial charge in [0.25, 0.3) is 0 Å². The molecule has 20 heavy (non-hydrogen) atoms. The fraction of sp³-hybridized carbons (Fsp3) is 0.688. The summed E-state index contributed by atoms with van der Waals surface area (Å²) in [6.07, 6.45) is 6.20. The third-order valence-corrected chi connectivity index (χ3v) is 4.12. The third-order valence-electron chi connectivity index (χ3n) is 4.12. The Balaban J connectivity index is 1.60. The highest BCUT2D eigenvalue weighted by Gasteiger charge is 2.19. The van der Waals surface area contributed by atoms with Crippen molar-refractivity contribution in [1.29, 1.82) is 0 Å². The minimum absolute atomic E-state index is 0.159. The Morgan fingerprint density at radius 1 is 1.45 bits per heavy atom. The number of piperidine rings is 1. The number of likely N-dealkylation sites (tertiary alicyclic amines) is 1. The highest BCUT2D eigenvalue weighted by Crippen LogP contribution is 2.18. The first-order valence-corrected chi connectivity index (χ1v) is 7.67. The van der Waals surface area contributed by atoms with Crippen LogP contribution in [0, 0.1) is 6.92 Å². The molecule has 1 N–H and O–H groups in total. The van der Waals surface area contributed by atoms with Crippen molar-refractivity contribution in [2.75, 3.05) is 20.1 Å². The molecule has 0 saturated carbocycles. The lowest BCUT2D eigenvalue weighted by atomic mass is 9.98. The maximum Gasteiger partial charge on any atom is 0.220 e. The summed E-state index contributed by atoms with van der Waals surface area (Å²) >= 11 is 0. The van der Waals surface area contributed by atoms with Crippen LogP contribution in [0.2, 0.25) is 0 Å². The van der Waals surface area contributed by atoms with Crippen molar-refractivity contribution < 1.29 is 9.21 Å². The molecule has 2 rings (SSSR count). The van der Waals surface area contributed by atoms with Crippen LogP contribution in [0.1, 0.15) is 43.6 Å². The summed E-state index contributed by atoms with van der Waals surface area (Å²) < 4.78 is 5.48. The molecule has 1 aromatic heterocycles. The van der Waals surface area contributed by atoms with Gasteiger partial charge in [-0.1, -0.05) is 6.42 Å². The Labute approximate surface area is 121 Å². The first kappa shape index (κ1) is 15.1. The number of aryl methyl sites for hydroxylation is 1. The van der Waals surface area contributed by atoms with Gasteiger partial charge in [0.05, 0.1) is 0 Å². The third kappa shape index (κ3) is 4.67. The zero-order valence-electron chi connectivity index (χ0n) is 12.7. The van der Waals surface area contributed by atoms with Crippen LogP contribution < -0.4 is 5.32 Å². The van der Waals surface area contributed by atoms with Gasteiger partial charge in [-0.2, -0.15) is 0 Å². The molecule has 0 aliphatic carbocycles. The van der Waals surface area contributed by atoms with E-state index in [-0.39, 0.29) is 5.91 Å². The molecule has 0 radical (unpaired) electrons. The maximum absolute atomic E-state index is 11.8. The van der Waals surface area contributed by atoms with E-state index in [2.05, 4.69) is 17.3 Å². The average Bonchev–Trinajstić information content (AvgIpc) is 2.83. The number of furan rings is 1. The van der Waals surface area contributed by atoms with E-state index in [4.69, 9.17) is 4.42 Å². The predicted molar refractivity (Wildman–Crippen MR) is 79.7 cm³/mol. The van der Waals surface area contributed by atoms with Crippen molar-refractivity contribution in [1.82, 2.24) is 10.2 Å². The molecule has 0 aromatic carbocycles. The quantitative estimate of drug-likeness (QED) is 0.869. The summed E-state index contributed by atoms with van der Waals surface area (Å²) in [5, 5.41) is 2.98. The molecule has 0 unspecified atom stereocenters. The van der Waals surface area contributed by atoms with Crippen LogP contribution in [0.3, 0.4) is 0 Å². The van der Waals surface area contributed by atoms with Crippen LogP contribution in [-0.4, -0.2) is 37.0 Å². The van der Waals surface area contributed by atoms with Crippen LogP contribution in [0.5, 0.6) is 0 Å². The van der Waals surface area contributed by atoms with Crippen LogP contribution in [-0.2, 0) is 11.2 Å². The normalized spacial score (nSPS) is 20.0. The monoisotopic (exact) mass is 278 g/mol. The van der Waals surface area contributed by atoms with Crippen LogP contribution in [0.15, 0.2) is 16.5 Å². The molecule has 1 aliphatic heterocycles. The number of carbonyl (C=O) groups is 1. The lowest BCUT2D eigenvalue weighted by Gasteiger charge is -2.32. The summed E-state index contributed by atoms with van der Waals surface area (Å²) in [5.41, 5.74) is 0. The minimum atomic E-state index is 0.159. The maximum atomic E-state index is 11.8. The summed E-state index contributed by atoms with van der Waals surface area (Å²) in [6.45, 7) is 3.76. The molecule has 2 heterocycles. The van der Waals surface area contributed by atoms with Gasteiger partial charge in [0.1, 0.15) is 11.5 Å². The number of nitrogens with zero attached hydrogens (tertiary/aromatic N) is 1. The molecule has 112 valence electrons. The van der Waals surface area contributed by atoms with Crippen molar-refractivity contribution in [3.05, 3.63) is 23.7 Å². The lowest BCUT2D eigenvalue weighted by Crippen LogP contribution is -2.37. The number of hydrogen-bond donors (Lipinski definition) is 1. The van der Waals surface area contributed by atoms with Gasteiger partial charge in [-0.15, -0.1) is 0 Å². The molecule has 1 aromatic rings. The van der Waals surface area contributed by atoms with Gasteiger partial charge in [-0.05, 0) is 51.9 Å². The standard InChI is InChI=1S/C16H26N2O2/c1-13-6-8-15(20-13)10-11-17-16(19)9-7-14-5-3-4-12-18(14)2/h6,8,14H,3-5,7,9-12H2,1-2H3,(H,17,19)/t14-/m1/s1. The van der Waals surface area contributed by atoms with Crippen LogP contribution >= 0.6 is 0 Å². The van der Waals surface area contributed by atoms with Crippen LogP contribution in [0.25, 0.3) is 0 Å². The largest absolute Gasteiger partial charge is 0.466 e. The zero-order valence-corrected chi connectivity index (χ0v) is 12.7. The molecule has 4 heteroatoms. The summed E-state index contributed by atoms with van der Waals surface area (Å²) in [4.78, 5) is 14.2. The highest BCUT2D eigenvalue weighted by atomic mass is 16.3. The molecule has 1 aliphatic rings. The van der Waals surface area contributed by atoms with E-state index in [0.717, 1.165) is 24.4 Å². The van der Waals surface area contributed by atoms with E-state index in [9.17, 15) is 4.79 Å². The van der Waals surface area contributed by atoms with Crippen molar-refractivity contribution in [2.45, 2.75) is 51.5 Å². The molecule has 4 nitrogen and oxygen atoms in total. The number of amides is 1. The van der Waals surface area contributed by atoms with E-state index in [1.165, 1.54) is 25.8 Å². The molecule has 1 saturated heterocycles. The highest BCUT2D eigenvalue weighted by molar-refractivity contribution is 5.75. The Morgan fingerprint density at radius 3 is 3.00 bits per heavy atom. The fourth-order valence-electron chi connectivity index (χ4n) is 2.84. The predicted octanol–water partition coefficient (Wildman–Crippen LogP) is 2.51. The van der Waals surface area contributed by atoms with Crippen molar-refractivity contribution >= 4 is 5.91 Å². The summed E-state index contributed by atoms with van der Waals surface area (Å²) in [7, 11) is 2.17. The van der Waals surface area contributed by atoms with E-state index < -0.39 is 0 Å². The van der Waals surface area contributed by atoms with E-state index in [1.807, 2.05) is 19.1 Å². The molecule has 1 amide bonds. The van der Waals surface area contributed by atoms with Gasteiger partial charge in [0.15, 0.2) is 0 Å². The molecular weight excluding hydrogens is 252 g/mol. The fourth-order valence-corrected chi connectivity index (χ4v) is 2.84. The Morgan fingerprint density at radius 2 is 2.30 bits per heavy atom. The second kappa shape index (κ2) is 7.48. The van der Waals surface area contributed by atoms with E-state index in [0.29, 0.717) is 19.0 Å².